The average molecular weight is 114 g/mol. The van der Waals surface area contributed by atoms with Crippen LogP contribution in [0.2, 0.25) is 0 Å². The number of hydrogen-bond donors (Lipinski definition) is 2. The Morgan fingerprint density at radius 2 is 2.20 bits per heavy atom. The number of rotatable bonds is 1. The fourth-order valence-electron chi connectivity index (χ4n) is 0. The maximum Gasteiger partial charge on any atom is 0.306 e. The zero-order valence-electron chi connectivity index (χ0n) is 2.18. The van der Waals surface area contributed by atoms with Gasteiger partial charge < -0.3 is 4.89 Å². The van der Waals surface area contributed by atoms with Crippen LogP contribution in [0.25, 0.3) is 0 Å². The summed E-state index contributed by atoms with van der Waals surface area (Å²) in [5, 5.41) is 0. The van der Waals surface area contributed by atoms with Gasteiger partial charge in [0, 0.05) is 0 Å². The minimum Gasteiger partial charge on any atom is -0.307 e. The van der Waals surface area contributed by atoms with Crippen molar-refractivity contribution < 1.29 is 9.46 Å². The Kier molecular flexibility index (Phi) is 2.70. The Bertz CT molecular complexity index is 44.9. The number of nitrogens with one attached hydrogen (secondary N) is 1. The van der Waals surface area contributed by atoms with Gasteiger partial charge in [0.05, 0.1) is 0 Å². The SMILES string of the molecule is O=[P](O)NCl. The van der Waals surface area contributed by atoms with E-state index < -0.39 is 8.18 Å². The van der Waals surface area contributed by atoms with Crippen LogP contribution in [0.5, 0.6) is 0 Å². The molecule has 3 nitrogen and oxygen atoms in total. The van der Waals surface area contributed by atoms with Gasteiger partial charge in [-0.3, -0.25) is 0 Å². The van der Waals surface area contributed by atoms with Gasteiger partial charge in [-0.1, -0.05) is 0 Å². The lowest BCUT2D eigenvalue weighted by atomic mass is 13.9. The van der Waals surface area contributed by atoms with Crippen LogP contribution in [0.4, 0.5) is 0 Å². The molecule has 0 aliphatic carbocycles. The average Bonchev–Trinajstić information content (AvgIpc) is 1.38. The lowest BCUT2D eigenvalue weighted by Crippen LogP contribution is -1.74. The normalized spacial score (nSPS) is 11.2. The van der Waals surface area contributed by atoms with Gasteiger partial charge in [0.1, 0.15) is 0 Å². The van der Waals surface area contributed by atoms with Crippen molar-refractivity contribution in [2.24, 2.45) is 0 Å². The van der Waals surface area contributed by atoms with Crippen LogP contribution in [0.15, 0.2) is 0 Å². The highest BCUT2D eigenvalue weighted by molar-refractivity contribution is 7.37. The zero-order chi connectivity index (χ0) is 4.28. The summed E-state index contributed by atoms with van der Waals surface area (Å²) in [5.41, 5.74) is 0. The fraction of sp³-hybridized carbons (Fsp3) is 0. The van der Waals surface area contributed by atoms with E-state index in [9.17, 15) is 4.57 Å². The molecular weight excluding hydrogens is 112 g/mol. The van der Waals surface area contributed by atoms with E-state index in [4.69, 9.17) is 4.89 Å². The van der Waals surface area contributed by atoms with E-state index >= 15 is 0 Å². The first kappa shape index (κ1) is 5.31. The molecular formula is H2ClNO2P. The third-order valence-corrected chi connectivity index (χ3v) is 0.651. The molecule has 0 bridgehead atoms. The summed E-state index contributed by atoms with van der Waals surface area (Å²) in [6.45, 7) is 0. The van der Waals surface area contributed by atoms with Gasteiger partial charge in [0.15, 0.2) is 0 Å². The molecule has 1 atom stereocenters. The molecule has 0 rings (SSSR count). The van der Waals surface area contributed by atoms with E-state index in [0.717, 1.165) is 0 Å². The molecule has 0 aromatic heterocycles. The summed E-state index contributed by atoms with van der Waals surface area (Å²) in [5.74, 6) is 0. The van der Waals surface area contributed by atoms with Gasteiger partial charge >= 0.3 is 8.18 Å². The molecule has 5 heteroatoms. The highest BCUT2D eigenvalue weighted by atomic mass is 35.5. The van der Waals surface area contributed by atoms with Crippen LogP contribution in [0, 0.1) is 0 Å². The zero-order valence-corrected chi connectivity index (χ0v) is 3.83. The van der Waals surface area contributed by atoms with E-state index in [-0.39, 0.29) is 0 Å². The summed E-state index contributed by atoms with van der Waals surface area (Å²) in [7, 11) is -2.33. The predicted molar refractivity (Wildman–Crippen MR) is 18.8 cm³/mol. The summed E-state index contributed by atoms with van der Waals surface area (Å²) in [4.78, 5) is 7.63. The second-order valence-electron chi connectivity index (χ2n) is 0.357. The van der Waals surface area contributed by atoms with Crippen molar-refractivity contribution in [2.75, 3.05) is 0 Å². The Balaban J connectivity index is 2.85. The van der Waals surface area contributed by atoms with Crippen molar-refractivity contribution in [3.63, 3.8) is 0 Å². The number of halogens is 1. The highest BCUT2D eigenvalue weighted by Gasteiger charge is 1.78. The van der Waals surface area contributed by atoms with E-state index in [1.807, 2.05) is 0 Å². The Labute approximate surface area is 35.0 Å². The fourth-order valence-corrected chi connectivity index (χ4v) is 0. The van der Waals surface area contributed by atoms with Crippen LogP contribution in [0.1, 0.15) is 0 Å². The van der Waals surface area contributed by atoms with E-state index in [1.54, 1.807) is 4.61 Å². The molecule has 0 heterocycles. The summed E-state index contributed by atoms with van der Waals surface area (Å²) in [6, 6.07) is 0. The van der Waals surface area contributed by atoms with Crippen molar-refractivity contribution in [3.8, 4) is 0 Å². The monoisotopic (exact) mass is 114 g/mol. The molecule has 0 saturated heterocycles. The van der Waals surface area contributed by atoms with Gasteiger partial charge in [0.2, 0.25) is 0 Å². The number of hydrogen-bond acceptors (Lipinski definition) is 1. The molecule has 5 heavy (non-hydrogen) atoms. The lowest BCUT2D eigenvalue weighted by Gasteiger charge is -1.73. The standard InChI is InChI=1S/ClH2NO2P/c1-2-5(3)4/h(H2,2,3,4). The van der Waals surface area contributed by atoms with E-state index in [1.165, 1.54) is 0 Å². The smallest absolute Gasteiger partial charge is 0.306 e. The molecule has 1 unspecified atom stereocenters. The quantitative estimate of drug-likeness (QED) is 0.383. The van der Waals surface area contributed by atoms with Crippen LogP contribution in [-0.2, 0) is 4.57 Å². The molecule has 2 N–H and O–H groups in total. The second-order valence-corrected chi connectivity index (χ2v) is 1.58. The third-order valence-electron chi connectivity index (χ3n) is 0.0723. The van der Waals surface area contributed by atoms with Crippen molar-refractivity contribution in [2.45, 2.75) is 0 Å². The van der Waals surface area contributed by atoms with Crippen LogP contribution in [-0.4, -0.2) is 4.89 Å². The first-order valence-electron chi connectivity index (χ1n) is 0.795. The molecule has 0 amide bonds. The first-order valence-corrected chi connectivity index (χ1v) is 2.39. The van der Waals surface area contributed by atoms with Crippen LogP contribution < -0.4 is 4.61 Å². The molecule has 0 saturated carbocycles. The van der Waals surface area contributed by atoms with Gasteiger partial charge in [0.25, 0.3) is 0 Å². The molecule has 0 aliphatic heterocycles. The van der Waals surface area contributed by atoms with Crippen molar-refractivity contribution >= 4 is 20.0 Å². The Morgan fingerprint density at radius 1 is 2.00 bits per heavy atom. The Hall–Kier alpha value is 0.310. The molecule has 0 aromatic carbocycles. The van der Waals surface area contributed by atoms with Gasteiger partial charge in [-0.25, -0.2) is 4.57 Å². The summed E-state index contributed by atoms with van der Waals surface area (Å²) in [6.07, 6.45) is 0. The van der Waals surface area contributed by atoms with Gasteiger partial charge in [-0.05, 0) is 11.8 Å². The maximum atomic E-state index is 9.27. The van der Waals surface area contributed by atoms with Gasteiger partial charge in [-0.15, -0.1) is 4.61 Å². The molecule has 31 valence electrons. The lowest BCUT2D eigenvalue weighted by molar-refractivity contribution is 0.500. The molecule has 0 aliphatic rings. The van der Waals surface area contributed by atoms with Crippen LogP contribution >= 0.6 is 20.0 Å². The van der Waals surface area contributed by atoms with E-state index in [0.29, 0.717) is 0 Å². The minimum absolute atomic E-state index is 1.56. The molecule has 1 radical (unpaired) electrons. The minimum atomic E-state index is -2.33. The summed E-state index contributed by atoms with van der Waals surface area (Å²) < 4.78 is 10.8. The summed E-state index contributed by atoms with van der Waals surface area (Å²) >= 11 is 4.55. The Morgan fingerprint density at radius 3 is 2.20 bits per heavy atom. The topological polar surface area (TPSA) is 49.3 Å². The molecule has 0 aromatic rings. The molecule has 0 fully saturated rings. The maximum absolute atomic E-state index is 9.27. The van der Waals surface area contributed by atoms with E-state index in [2.05, 4.69) is 11.8 Å². The highest BCUT2D eigenvalue weighted by Crippen LogP contribution is 2.03. The van der Waals surface area contributed by atoms with Crippen molar-refractivity contribution in [3.05, 3.63) is 0 Å². The molecule has 0 spiro atoms. The van der Waals surface area contributed by atoms with Crippen molar-refractivity contribution in [1.29, 1.82) is 0 Å². The van der Waals surface area contributed by atoms with Gasteiger partial charge in [-0.2, -0.15) is 0 Å². The largest absolute Gasteiger partial charge is 0.307 e. The van der Waals surface area contributed by atoms with Crippen LogP contribution in [0.3, 0.4) is 0 Å². The third kappa shape index (κ3) is 4.31. The van der Waals surface area contributed by atoms with Crippen molar-refractivity contribution in [1.82, 2.24) is 4.61 Å². The predicted octanol–water partition coefficient (Wildman–Crippen LogP) is 0.379. The first-order chi connectivity index (χ1) is 2.27. The second kappa shape index (κ2) is 2.54.